The van der Waals surface area contributed by atoms with Crippen molar-refractivity contribution < 1.29 is 14.3 Å². The van der Waals surface area contributed by atoms with Crippen LogP contribution in [0.3, 0.4) is 0 Å². The van der Waals surface area contributed by atoms with Crippen molar-refractivity contribution in [1.29, 1.82) is 5.41 Å². The van der Waals surface area contributed by atoms with Crippen molar-refractivity contribution in [2.24, 2.45) is 11.5 Å². The molecule has 0 saturated heterocycles. The van der Waals surface area contributed by atoms with Gasteiger partial charge in [-0.1, -0.05) is 12.1 Å². The third-order valence-electron chi connectivity index (χ3n) is 3.32. The Morgan fingerprint density at radius 3 is 2.60 bits per heavy atom. The lowest BCUT2D eigenvalue weighted by molar-refractivity contribution is -0.119. The number of nitrogens with one attached hydrogen (secondary N) is 2. The second-order valence-corrected chi connectivity index (χ2v) is 5.42. The lowest BCUT2D eigenvalue weighted by atomic mass is 10.1. The van der Waals surface area contributed by atoms with Crippen LogP contribution in [0.1, 0.15) is 27.0 Å². The summed E-state index contributed by atoms with van der Waals surface area (Å²) in [7, 11) is 0. The molecule has 2 aromatic rings. The number of nitrogens with zero attached hydrogens (tertiary/aromatic N) is 1. The zero-order valence-electron chi connectivity index (χ0n) is 13.7. The predicted molar refractivity (Wildman–Crippen MR) is 92.3 cm³/mol. The highest BCUT2D eigenvalue weighted by molar-refractivity contribution is 5.95. The van der Waals surface area contributed by atoms with Crippen LogP contribution < -0.4 is 21.5 Å². The fourth-order valence-electron chi connectivity index (χ4n) is 2.11. The summed E-state index contributed by atoms with van der Waals surface area (Å²) in [4.78, 5) is 27.1. The molecule has 1 aromatic heterocycles. The van der Waals surface area contributed by atoms with Crippen LogP contribution in [-0.4, -0.2) is 29.2 Å². The van der Waals surface area contributed by atoms with Gasteiger partial charge in [-0.15, -0.1) is 0 Å². The van der Waals surface area contributed by atoms with Gasteiger partial charge in [0, 0.05) is 30.1 Å². The van der Waals surface area contributed by atoms with Crippen molar-refractivity contribution in [3.05, 3.63) is 58.9 Å². The van der Waals surface area contributed by atoms with E-state index in [4.69, 9.17) is 21.6 Å². The topological polar surface area (TPSA) is 144 Å². The summed E-state index contributed by atoms with van der Waals surface area (Å²) in [5, 5.41) is 10.2. The van der Waals surface area contributed by atoms with Crippen LogP contribution in [0.5, 0.6) is 5.75 Å². The lowest BCUT2D eigenvalue weighted by Gasteiger charge is -2.13. The maximum Gasteiger partial charge on any atom is 0.255 e. The number of primary amides is 1. The van der Waals surface area contributed by atoms with Gasteiger partial charge >= 0.3 is 0 Å². The maximum absolute atomic E-state index is 12.2. The normalized spacial score (nSPS) is 10.1. The number of nitrogens with two attached hydrogens (primary N) is 2. The molecule has 8 nitrogen and oxygen atoms in total. The second-order valence-electron chi connectivity index (χ2n) is 5.42. The van der Waals surface area contributed by atoms with Crippen molar-refractivity contribution in [1.82, 2.24) is 10.3 Å². The van der Waals surface area contributed by atoms with E-state index in [0.717, 1.165) is 5.56 Å². The number of hydrogen-bond acceptors (Lipinski definition) is 5. The first-order valence-corrected chi connectivity index (χ1v) is 7.45. The van der Waals surface area contributed by atoms with Crippen molar-refractivity contribution >= 4 is 17.6 Å². The van der Waals surface area contributed by atoms with E-state index in [9.17, 15) is 9.59 Å². The van der Waals surface area contributed by atoms with E-state index in [1.165, 1.54) is 12.3 Å². The summed E-state index contributed by atoms with van der Waals surface area (Å²) in [6, 6.07) is 6.56. The Bertz CT molecular complexity index is 820. The van der Waals surface area contributed by atoms with Gasteiger partial charge in [0.25, 0.3) is 11.8 Å². The zero-order valence-corrected chi connectivity index (χ0v) is 13.7. The van der Waals surface area contributed by atoms with Crippen LogP contribution in [0.15, 0.2) is 36.7 Å². The summed E-state index contributed by atoms with van der Waals surface area (Å²) < 4.78 is 5.36. The van der Waals surface area contributed by atoms with Gasteiger partial charge in [0.1, 0.15) is 11.6 Å². The molecule has 130 valence electrons. The molecule has 2 amide bonds. The third kappa shape index (κ3) is 5.03. The lowest BCUT2D eigenvalue weighted by Crippen LogP contribution is -2.25. The summed E-state index contributed by atoms with van der Waals surface area (Å²) in [5.41, 5.74) is 12.9. The Morgan fingerprint density at radius 1 is 1.20 bits per heavy atom. The van der Waals surface area contributed by atoms with Gasteiger partial charge in [0.15, 0.2) is 6.61 Å². The van der Waals surface area contributed by atoms with Gasteiger partial charge in [0.05, 0.1) is 5.56 Å². The summed E-state index contributed by atoms with van der Waals surface area (Å²) in [5.74, 6) is -0.721. The molecule has 0 bridgehead atoms. The smallest absolute Gasteiger partial charge is 0.255 e. The minimum absolute atomic E-state index is 0.134. The van der Waals surface area contributed by atoms with Crippen molar-refractivity contribution in [2.45, 2.75) is 13.5 Å². The van der Waals surface area contributed by atoms with Crippen LogP contribution in [0.25, 0.3) is 0 Å². The zero-order chi connectivity index (χ0) is 18.4. The molecule has 0 aliphatic rings. The fraction of sp³-hybridized carbons (Fsp3) is 0.176. The highest BCUT2D eigenvalue weighted by atomic mass is 16.5. The van der Waals surface area contributed by atoms with E-state index in [2.05, 4.69) is 10.3 Å². The molecule has 0 saturated carbocycles. The van der Waals surface area contributed by atoms with E-state index >= 15 is 0 Å². The number of benzene rings is 1. The molecular weight excluding hydrogens is 322 g/mol. The standard InChI is InChI=1S/C17H19N5O3/c1-10-4-13(7-21-6-10)17(24)22-8-12-3-2-11(16(19)20)5-14(12)25-9-15(18)23/h2-7H,8-9H2,1H3,(H2,18,23)(H3,19,20)(H,22,24). The van der Waals surface area contributed by atoms with E-state index < -0.39 is 5.91 Å². The maximum atomic E-state index is 12.2. The second kappa shape index (κ2) is 7.91. The SMILES string of the molecule is Cc1cncc(C(=O)NCc2ccc(C(=N)N)cc2OCC(N)=O)c1. The molecule has 25 heavy (non-hydrogen) atoms. The first-order chi connectivity index (χ1) is 11.9. The molecule has 2 rings (SSSR count). The Labute approximate surface area is 144 Å². The Hall–Kier alpha value is -3.42. The van der Waals surface area contributed by atoms with Gasteiger partial charge in [0.2, 0.25) is 0 Å². The van der Waals surface area contributed by atoms with Gasteiger partial charge < -0.3 is 21.5 Å². The van der Waals surface area contributed by atoms with E-state index in [1.807, 2.05) is 6.92 Å². The van der Waals surface area contributed by atoms with Crippen molar-refractivity contribution in [3.8, 4) is 5.75 Å². The Balaban J connectivity index is 2.15. The first kappa shape index (κ1) is 17.9. The third-order valence-corrected chi connectivity index (χ3v) is 3.32. The molecule has 0 spiro atoms. The largest absolute Gasteiger partial charge is 0.483 e. The summed E-state index contributed by atoms with van der Waals surface area (Å²) in [6.45, 7) is 1.70. The number of pyridine rings is 1. The van der Waals surface area contributed by atoms with Crippen LogP contribution in [-0.2, 0) is 11.3 Å². The highest BCUT2D eigenvalue weighted by Gasteiger charge is 2.11. The molecule has 0 fully saturated rings. The minimum Gasteiger partial charge on any atom is -0.483 e. The number of rotatable bonds is 7. The molecule has 1 heterocycles. The quantitative estimate of drug-likeness (QED) is 0.427. The molecule has 0 unspecified atom stereocenters. The summed E-state index contributed by atoms with van der Waals surface area (Å²) in [6.07, 6.45) is 3.14. The van der Waals surface area contributed by atoms with Crippen LogP contribution in [0, 0.1) is 12.3 Å². The van der Waals surface area contributed by atoms with Crippen LogP contribution in [0.2, 0.25) is 0 Å². The molecule has 8 heteroatoms. The molecule has 6 N–H and O–H groups in total. The average molecular weight is 341 g/mol. The number of hydrogen-bond donors (Lipinski definition) is 4. The molecule has 0 aliphatic heterocycles. The van der Waals surface area contributed by atoms with Crippen molar-refractivity contribution in [2.75, 3.05) is 6.61 Å². The number of aromatic nitrogens is 1. The average Bonchev–Trinajstić information content (AvgIpc) is 2.57. The number of nitrogen functional groups attached to an aromatic ring is 1. The van der Waals surface area contributed by atoms with Gasteiger partial charge in [-0.25, -0.2) is 0 Å². The fourth-order valence-corrected chi connectivity index (χ4v) is 2.11. The number of carbonyl (C=O) groups is 2. The van der Waals surface area contributed by atoms with Gasteiger partial charge in [-0.3, -0.25) is 20.0 Å². The molecule has 0 aliphatic carbocycles. The first-order valence-electron chi connectivity index (χ1n) is 7.45. The van der Waals surface area contributed by atoms with Gasteiger partial charge in [-0.05, 0) is 24.6 Å². The van der Waals surface area contributed by atoms with Crippen molar-refractivity contribution in [3.63, 3.8) is 0 Å². The van der Waals surface area contributed by atoms with E-state index in [0.29, 0.717) is 22.4 Å². The predicted octanol–water partition coefficient (Wildman–Crippen LogP) is 0.468. The number of amides is 2. The highest BCUT2D eigenvalue weighted by Crippen LogP contribution is 2.20. The Morgan fingerprint density at radius 2 is 1.96 bits per heavy atom. The summed E-state index contributed by atoms with van der Waals surface area (Å²) >= 11 is 0. The van der Waals surface area contributed by atoms with Gasteiger partial charge in [-0.2, -0.15) is 0 Å². The van der Waals surface area contributed by atoms with E-state index in [-0.39, 0.29) is 24.9 Å². The molecular formula is C17H19N5O3. The number of aryl methyl sites for hydroxylation is 1. The monoisotopic (exact) mass is 341 g/mol. The number of ether oxygens (including phenoxy) is 1. The van der Waals surface area contributed by atoms with Crippen LogP contribution in [0.4, 0.5) is 0 Å². The minimum atomic E-state index is -0.631. The van der Waals surface area contributed by atoms with Crippen LogP contribution >= 0.6 is 0 Å². The molecule has 0 atom stereocenters. The number of carbonyl (C=O) groups excluding carboxylic acids is 2. The Kier molecular flexibility index (Phi) is 5.67. The number of amidine groups is 1. The molecule has 0 radical (unpaired) electrons. The van der Waals surface area contributed by atoms with E-state index in [1.54, 1.807) is 24.4 Å². The molecule has 1 aromatic carbocycles.